The first kappa shape index (κ1) is 18.1. The molecule has 0 spiro atoms. The van der Waals surface area contributed by atoms with Crippen LogP contribution in [-0.2, 0) is 6.42 Å². The minimum atomic E-state index is -0.116. The third kappa shape index (κ3) is 4.01. The zero-order chi connectivity index (χ0) is 18.8. The Balaban J connectivity index is 1.40. The first-order valence-corrected chi connectivity index (χ1v) is 10.7. The Labute approximate surface area is 164 Å². The average molecular weight is 401 g/mol. The van der Waals surface area contributed by atoms with E-state index in [-0.39, 0.29) is 11.5 Å². The minimum absolute atomic E-state index is 0.0828. The number of nitrogens with zero attached hydrogens (tertiary/aromatic N) is 3. The molecule has 3 aromatic heterocycles. The highest BCUT2D eigenvalue weighted by Crippen LogP contribution is 2.24. The quantitative estimate of drug-likeness (QED) is 0.728. The van der Waals surface area contributed by atoms with Crippen molar-refractivity contribution in [1.29, 1.82) is 0 Å². The van der Waals surface area contributed by atoms with Gasteiger partial charge in [-0.2, -0.15) is 11.3 Å². The molecule has 1 fully saturated rings. The first-order valence-electron chi connectivity index (χ1n) is 8.92. The van der Waals surface area contributed by atoms with Crippen LogP contribution in [0.5, 0.6) is 0 Å². The maximum absolute atomic E-state index is 12.6. The monoisotopic (exact) mass is 400 g/mol. The fraction of sp³-hybridized carbons (Fsp3) is 0.368. The second-order valence-corrected chi connectivity index (χ2v) is 8.43. The van der Waals surface area contributed by atoms with Crippen molar-refractivity contribution in [3.05, 3.63) is 55.2 Å². The van der Waals surface area contributed by atoms with Crippen molar-refractivity contribution in [1.82, 2.24) is 19.9 Å². The number of rotatable bonds is 4. The number of amides is 1. The predicted molar refractivity (Wildman–Crippen MR) is 107 cm³/mol. The van der Waals surface area contributed by atoms with Crippen molar-refractivity contribution in [2.24, 2.45) is 5.92 Å². The number of carbonyl (C=O) groups excluding carboxylic acids is 1. The second-order valence-electron chi connectivity index (χ2n) is 6.80. The lowest BCUT2D eigenvalue weighted by Crippen LogP contribution is -2.39. The van der Waals surface area contributed by atoms with Crippen molar-refractivity contribution in [3.63, 3.8) is 0 Å². The summed E-state index contributed by atoms with van der Waals surface area (Å²) in [5.41, 5.74) is 4.11. The van der Waals surface area contributed by atoms with E-state index < -0.39 is 0 Å². The van der Waals surface area contributed by atoms with E-state index in [1.807, 2.05) is 28.7 Å². The molecule has 0 unspecified atom stereocenters. The molecule has 0 aromatic carbocycles. The number of aromatic nitrogens is 3. The highest BCUT2D eigenvalue weighted by molar-refractivity contribution is 7.11. The number of hydrogen-bond acceptors (Lipinski definition) is 6. The summed E-state index contributed by atoms with van der Waals surface area (Å²) in [6.07, 6.45) is 2.56. The van der Waals surface area contributed by atoms with Gasteiger partial charge in [-0.1, -0.05) is 0 Å². The molecular formula is C19H20N4O2S2. The van der Waals surface area contributed by atoms with Crippen LogP contribution in [0.2, 0.25) is 0 Å². The fourth-order valence-electron chi connectivity index (χ4n) is 3.43. The topological polar surface area (TPSA) is 79.0 Å². The van der Waals surface area contributed by atoms with Gasteiger partial charge in [-0.3, -0.25) is 9.59 Å². The van der Waals surface area contributed by atoms with E-state index in [1.54, 1.807) is 22.9 Å². The highest BCUT2D eigenvalue weighted by Gasteiger charge is 2.26. The van der Waals surface area contributed by atoms with Crippen LogP contribution in [0, 0.1) is 12.8 Å². The van der Waals surface area contributed by atoms with Crippen LogP contribution < -0.4 is 5.56 Å². The van der Waals surface area contributed by atoms with Gasteiger partial charge in [0.2, 0.25) is 0 Å². The summed E-state index contributed by atoms with van der Waals surface area (Å²) in [4.78, 5) is 38.9. The molecule has 4 heterocycles. The lowest BCUT2D eigenvalue weighted by atomic mass is 9.93. The Hall–Kier alpha value is -2.32. The molecule has 1 aliphatic heterocycles. The number of aryl methyl sites for hydroxylation is 1. The smallest absolute Gasteiger partial charge is 0.265 e. The first-order chi connectivity index (χ1) is 13.1. The van der Waals surface area contributed by atoms with Crippen molar-refractivity contribution in [2.45, 2.75) is 26.2 Å². The maximum Gasteiger partial charge on any atom is 0.265 e. The molecule has 0 aliphatic carbocycles. The summed E-state index contributed by atoms with van der Waals surface area (Å²) in [5.74, 6) is 1.23. The predicted octanol–water partition coefficient (Wildman–Crippen LogP) is 3.36. The number of thiazole rings is 1. The van der Waals surface area contributed by atoms with E-state index in [0.29, 0.717) is 5.92 Å². The van der Waals surface area contributed by atoms with E-state index in [4.69, 9.17) is 0 Å². The van der Waals surface area contributed by atoms with Crippen molar-refractivity contribution >= 4 is 28.6 Å². The molecule has 0 atom stereocenters. The summed E-state index contributed by atoms with van der Waals surface area (Å²) in [7, 11) is 0. The molecule has 0 saturated carbocycles. The van der Waals surface area contributed by atoms with E-state index in [1.165, 1.54) is 11.3 Å². The average Bonchev–Trinajstić information content (AvgIpc) is 3.33. The Bertz CT molecular complexity index is 985. The maximum atomic E-state index is 12.6. The van der Waals surface area contributed by atoms with Crippen LogP contribution in [-0.4, -0.2) is 38.8 Å². The molecule has 8 heteroatoms. The molecule has 1 aliphatic rings. The zero-order valence-corrected chi connectivity index (χ0v) is 16.6. The van der Waals surface area contributed by atoms with Crippen LogP contribution in [0.1, 0.15) is 34.0 Å². The van der Waals surface area contributed by atoms with Gasteiger partial charge in [0.15, 0.2) is 0 Å². The number of piperidine rings is 1. The molecule has 1 saturated heterocycles. The SMILES string of the molecule is Cc1ncsc1C(=O)N1CCC(Cc2nc(-c3ccsc3)cc(=O)[nH]2)CC1. The van der Waals surface area contributed by atoms with E-state index >= 15 is 0 Å². The minimum Gasteiger partial charge on any atom is -0.338 e. The lowest BCUT2D eigenvalue weighted by molar-refractivity contribution is 0.0694. The van der Waals surface area contributed by atoms with Gasteiger partial charge in [0.1, 0.15) is 10.7 Å². The Kier molecular flexibility index (Phi) is 5.18. The number of aromatic amines is 1. The van der Waals surface area contributed by atoms with Crippen molar-refractivity contribution in [3.8, 4) is 11.3 Å². The van der Waals surface area contributed by atoms with Crippen LogP contribution in [0.25, 0.3) is 11.3 Å². The number of hydrogen-bond donors (Lipinski definition) is 1. The molecule has 1 amide bonds. The van der Waals surface area contributed by atoms with Gasteiger partial charge >= 0.3 is 0 Å². The molecule has 0 radical (unpaired) electrons. The molecule has 3 aromatic rings. The summed E-state index contributed by atoms with van der Waals surface area (Å²) in [6, 6.07) is 3.52. The summed E-state index contributed by atoms with van der Waals surface area (Å²) >= 11 is 3.00. The van der Waals surface area contributed by atoms with Gasteiger partial charge < -0.3 is 9.88 Å². The molecule has 140 valence electrons. The Morgan fingerprint density at radius 1 is 1.37 bits per heavy atom. The molecule has 1 N–H and O–H groups in total. The Morgan fingerprint density at radius 2 is 2.19 bits per heavy atom. The standard InChI is InChI=1S/C19H20N4O2S2/c1-12-18(27-11-20-12)19(25)23-5-2-13(3-6-23)8-16-21-15(9-17(24)22-16)14-4-7-26-10-14/h4,7,9-11,13H,2-3,5-6,8H2,1H3,(H,21,22,24). The van der Waals surface area contributed by atoms with Gasteiger partial charge in [-0.15, -0.1) is 11.3 Å². The normalized spacial score (nSPS) is 15.2. The third-order valence-corrected chi connectivity index (χ3v) is 6.53. The lowest BCUT2D eigenvalue weighted by Gasteiger charge is -2.31. The molecule has 4 rings (SSSR count). The summed E-state index contributed by atoms with van der Waals surface area (Å²) in [6.45, 7) is 3.34. The van der Waals surface area contributed by atoms with E-state index in [0.717, 1.165) is 60.0 Å². The Morgan fingerprint density at radius 3 is 2.85 bits per heavy atom. The second kappa shape index (κ2) is 7.74. The van der Waals surface area contributed by atoms with E-state index in [2.05, 4.69) is 15.0 Å². The van der Waals surface area contributed by atoms with Crippen LogP contribution in [0.15, 0.2) is 33.2 Å². The summed E-state index contributed by atoms with van der Waals surface area (Å²) in [5, 5.41) is 3.98. The molecule has 0 bridgehead atoms. The van der Waals surface area contributed by atoms with Gasteiger partial charge in [0, 0.05) is 36.5 Å². The van der Waals surface area contributed by atoms with Crippen molar-refractivity contribution in [2.75, 3.05) is 13.1 Å². The highest BCUT2D eigenvalue weighted by atomic mass is 32.1. The molecular weight excluding hydrogens is 380 g/mol. The number of thiophene rings is 1. The number of carbonyl (C=O) groups is 1. The number of nitrogens with one attached hydrogen (secondary N) is 1. The third-order valence-electron chi connectivity index (χ3n) is 4.93. The number of likely N-dealkylation sites (tertiary alicyclic amines) is 1. The van der Waals surface area contributed by atoms with Gasteiger partial charge in [0.25, 0.3) is 11.5 Å². The van der Waals surface area contributed by atoms with Crippen molar-refractivity contribution < 1.29 is 4.79 Å². The zero-order valence-electron chi connectivity index (χ0n) is 15.0. The molecule has 27 heavy (non-hydrogen) atoms. The number of H-pyrrole nitrogens is 1. The fourth-order valence-corrected chi connectivity index (χ4v) is 4.85. The van der Waals surface area contributed by atoms with Crippen LogP contribution >= 0.6 is 22.7 Å². The van der Waals surface area contributed by atoms with Crippen LogP contribution in [0.4, 0.5) is 0 Å². The van der Waals surface area contributed by atoms with Gasteiger partial charge in [0.05, 0.1) is 16.9 Å². The summed E-state index contributed by atoms with van der Waals surface area (Å²) < 4.78 is 0. The van der Waals surface area contributed by atoms with Crippen LogP contribution in [0.3, 0.4) is 0 Å². The van der Waals surface area contributed by atoms with E-state index in [9.17, 15) is 9.59 Å². The van der Waals surface area contributed by atoms with Gasteiger partial charge in [-0.05, 0) is 37.1 Å². The van der Waals surface area contributed by atoms with Gasteiger partial charge in [-0.25, -0.2) is 9.97 Å². The molecule has 6 nitrogen and oxygen atoms in total. The largest absolute Gasteiger partial charge is 0.338 e.